The normalized spacial score (nSPS) is 11.0. The molecule has 0 atom stereocenters. The minimum atomic E-state index is 0.400. The fourth-order valence-corrected chi connectivity index (χ4v) is 2.10. The molecule has 0 spiro atoms. The van der Waals surface area contributed by atoms with Gasteiger partial charge < -0.3 is 4.57 Å². The van der Waals surface area contributed by atoms with Gasteiger partial charge in [-0.1, -0.05) is 28.1 Å². The van der Waals surface area contributed by atoms with Crippen LogP contribution >= 0.6 is 15.9 Å². The molecule has 16 heavy (non-hydrogen) atoms. The van der Waals surface area contributed by atoms with Crippen LogP contribution in [0.5, 0.6) is 0 Å². The summed E-state index contributed by atoms with van der Waals surface area (Å²) in [6, 6.07) is 8.67. The zero-order chi connectivity index (χ0) is 11.5. The van der Waals surface area contributed by atoms with Crippen LogP contribution in [-0.4, -0.2) is 14.8 Å². The predicted molar refractivity (Wildman–Crippen MR) is 67.4 cm³/mol. The summed E-state index contributed by atoms with van der Waals surface area (Å²) < 4.78 is 3.20. The van der Waals surface area contributed by atoms with Gasteiger partial charge in [-0.2, -0.15) is 0 Å². The van der Waals surface area contributed by atoms with E-state index in [0.717, 1.165) is 16.7 Å². The number of halogens is 1. The lowest BCUT2D eigenvalue weighted by Crippen LogP contribution is -2.05. The third kappa shape index (κ3) is 2.50. The van der Waals surface area contributed by atoms with Crippen LogP contribution in [0.15, 0.2) is 35.1 Å². The second kappa shape index (κ2) is 4.78. The van der Waals surface area contributed by atoms with Crippen LogP contribution in [0.4, 0.5) is 0 Å². The van der Waals surface area contributed by atoms with Gasteiger partial charge in [-0.3, -0.25) is 0 Å². The first-order valence-corrected chi connectivity index (χ1v) is 6.09. The molecule has 0 radical (unpaired) electrons. The quantitative estimate of drug-likeness (QED) is 0.864. The summed E-state index contributed by atoms with van der Waals surface area (Å²) in [5, 5.41) is 8.12. The maximum absolute atomic E-state index is 4.16. The van der Waals surface area contributed by atoms with E-state index in [2.05, 4.69) is 56.7 Å². The average molecular weight is 280 g/mol. The minimum Gasteiger partial charge on any atom is -0.315 e. The molecular weight excluding hydrogens is 266 g/mol. The van der Waals surface area contributed by atoms with Crippen molar-refractivity contribution < 1.29 is 0 Å². The maximum Gasteiger partial charge on any atom is 0.137 e. The van der Waals surface area contributed by atoms with Crippen LogP contribution in [0, 0.1) is 0 Å². The molecule has 2 rings (SSSR count). The van der Waals surface area contributed by atoms with Crippen LogP contribution in [0.3, 0.4) is 0 Å². The summed E-state index contributed by atoms with van der Waals surface area (Å²) in [4.78, 5) is 0. The van der Waals surface area contributed by atoms with E-state index in [1.807, 2.05) is 12.1 Å². The van der Waals surface area contributed by atoms with Crippen molar-refractivity contribution >= 4 is 15.9 Å². The smallest absolute Gasteiger partial charge is 0.137 e. The van der Waals surface area contributed by atoms with Gasteiger partial charge in [0.05, 0.1) is 0 Å². The van der Waals surface area contributed by atoms with E-state index < -0.39 is 0 Å². The molecular formula is C12H14BrN3. The Kier molecular flexibility index (Phi) is 3.39. The molecule has 0 aliphatic heterocycles. The van der Waals surface area contributed by atoms with Crippen LogP contribution in [-0.2, 0) is 6.42 Å². The van der Waals surface area contributed by atoms with Gasteiger partial charge in [0.25, 0.3) is 0 Å². The van der Waals surface area contributed by atoms with E-state index in [-0.39, 0.29) is 0 Å². The molecule has 0 saturated carbocycles. The minimum absolute atomic E-state index is 0.400. The summed E-state index contributed by atoms with van der Waals surface area (Å²) in [7, 11) is 0. The van der Waals surface area contributed by atoms with Crippen molar-refractivity contribution in [1.29, 1.82) is 0 Å². The molecule has 84 valence electrons. The Hall–Kier alpha value is -1.16. The van der Waals surface area contributed by atoms with Crippen LogP contribution in [0.2, 0.25) is 0 Å². The number of hydrogen-bond donors (Lipinski definition) is 0. The largest absolute Gasteiger partial charge is 0.315 e. The van der Waals surface area contributed by atoms with E-state index in [1.54, 1.807) is 6.33 Å². The molecule has 3 nitrogen and oxygen atoms in total. The van der Waals surface area contributed by atoms with E-state index in [9.17, 15) is 0 Å². The van der Waals surface area contributed by atoms with Crippen molar-refractivity contribution in [2.24, 2.45) is 0 Å². The second-order valence-corrected chi connectivity index (χ2v) is 4.97. The maximum atomic E-state index is 4.16. The first-order chi connectivity index (χ1) is 7.66. The van der Waals surface area contributed by atoms with Crippen LogP contribution in [0.25, 0.3) is 0 Å². The third-order valence-electron chi connectivity index (χ3n) is 2.45. The van der Waals surface area contributed by atoms with Crippen molar-refractivity contribution in [1.82, 2.24) is 14.8 Å². The Bertz CT molecular complexity index is 477. The molecule has 0 N–H and O–H groups in total. The summed E-state index contributed by atoms with van der Waals surface area (Å²) in [6.07, 6.45) is 2.61. The van der Waals surface area contributed by atoms with E-state index in [0.29, 0.717) is 6.04 Å². The molecule has 0 amide bonds. The summed E-state index contributed by atoms with van der Waals surface area (Å²) >= 11 is 3.47. The highest BCUT2D eigenvalue weighted by atomic mass is 79.9. The standard InChI is InChI=1S/C12H14BrN3/c1-9(2)16-8-14-15-12(16)7-10-4-3-5-11(13)6-10/h3-6,8-9H,7H2,1-2H3. The average Bonchev–Trinajstić information content (AvgIpc) is 2.66. The Labute approximate surface area is 104 Å². The molecule has 0 aliphatic carbocycles. The van der Waals surface area contributed by atoms with Gasteiger partial charge in [0.15, 0.2) is 0 Å². The molecule has 0 aliphatic rings. The molecule has 0 saturated heterocycles. The first-order valence-electron chi connectivity index (χ1n) is 5.29. The van der Waals surface area contributed by atoms with Gasteiger partial charge in [0.2, 0.25) is 0 Å². The molecule has 0 bridgehead atoms. The Balaban J connectivity index is 2.24. The molecule has 4 heteroatoms. The van der Waals surface area contributed by atoms with Crippen molar-refractivity contribution in [2.75, 3.05) is 0 Å². The lowest BCUT2D eigenvalue weighted by Gasteiger charge is -2.09. The molecule has 1 aromatic heterocycles. The SMILES string of the molecule is CC(C)n1cnnc1Cc1cccc(Br)c1. The fourth-order valence-electron chi connectivity index (χ4n) is 1.65. The van der Waals surface area contributed by atoms with Crippen LogP contribution < -0.4 is 0 Å². The van der Waals surface area contributed by atoms with Crippen molar-refractivity contribution in [3.63, 3.8) is 0 Å². The highest BCUT2D eigenvalue weighted by molar-refractivity contribution is 9.10. The Morgan fingerprint density at radius 1 is 1.38 bits per heavy atom. The van der Waals surface area contributed by atoms with Crippen LogP contribution in [0.1, 0.15) is 31.3 Å². The van der Waals surface area contributed by atoms with Crippen molar-refractivity contribution in [2.45, 2.75) is 26.3 Å². The van der Waals surface area contributed by atoms with Gasteiger partial charge >= 0.3 is 0 Å². The highest BCUT2D eigenvalue weighted by Crippen LogP contribution is 2.15. The number of hydrogen-bond acceptors (Lipinski definition) is 2. The van der Waals surface area contributed by atoms with E-state index >= 15 is 0 Å². The Morgan fingerprint density at radius 2 is 2.19 bits per heavy atom. The number of benzene rings is 1. The molecule has 2 aromatic rings. The number of rotatable bonds is 3. The number of aromatic nitrogens is 3. The third-order valence-corrected chi connectivity index (χ3v) is 2.95. The van der Waals surface area contributed by atoms with Crippen molar-refractivity contribution in [3.8, 4) is 0 Å². The molecule has 0 fully saturated rings. The lowest BCUT2D eigenvalue weighted by molar-refractivity contribution is 0.574. The van der Waals surface area contributed by atoms with Gasteiger partial charge in [0, 0.05) is 16.9 Å². The van der Waals surface area contributed by atoms with E-state index in [4.69, 9.17) is 0 Å². The predicted octanol–water partition coefficient (Wildman–Crippen LogP) is 3.21. The summed E-state index contributed by atoms with van der Waals surface area (Å²) in [5.74, 6) is 1.01. The van der Waals surface area contributed by atoms with Gasteiger partial charge in [-0.05, 0) is 31.5 Å². The molecule has 1 aromatic carbocycles. The van der Waals surface area contributed by atoms with Crippen molar-refractivity contribution in [3.05, 3.63) is 46.5 Å². The van der Waals surface area contributed by atoms with E-state index in [1.165, 1.54) is 5.56 Å². The fraction of sp³-hybridized carbons (Fsp3) is 0.333. The zero-order valence-electron chi connectivity index (χ0n) is 9.39. The van der Waals surface area contributed by atoms with Gasteiger partial charge in [0.1, 0.15) is 12.2 Å². The summed E-state index contributed by atoms with van der Waals surface area (Å²) in [6.45, 7) is 4.27. The lowest BCUT2D eigenvalue weighted by atomic mass is 10.1. The topological polar surface area (TPSA) is 30.7 Å². The number of nitrogens with zero attached hydrogens (tertiary/aromatic N) is 3. The Morgan fingerprint density at radius 3 is 2.88 bits per heavy atom. The first kappa shape index (κ1) is 11.3. The zero-order valence-corrected chi connectivity index (χ0v) is 11.0. The molecule has 0 unspecified atom stereocenters. The van der Waals surface area contributed by atoms with Gasteiger partial charge in [-0.25, -0.2) is 0 Å². The second-order valence-electron chi connectivity index (χ2n) is 4.05. The highest BCUT2D eigenvalue weighted by Gasteiger charge is 2.07. The van der Waals surface area contributed by atoms with Gasteiger partial charge in [-0.15, -0.1) is 10.2 Å². The monoisotopic (exact) mass is 279 g/mol. The molecule has 1 heterocycles. The summed E-state index contributed by atoms with van der Waals surface area (Å²) in [5.41, 5.74) is 1.24.